The molecule has 0 heterocycles. The standard InChI is InChI=1S/C29H35N3O5S/c1-20-8-15-26(16-9-20)38(35,36)32(27-17-21(2)7-10-22(27)3)19-28(33)31(23(4)29(34)30-5)18-24-11-13-25(37-6)14-12-24/h7-17,23H,18-19H2,1-6H3,(H,30,34)/t23-/m0/s1. The van der Waals surface area contributed by atoms with E-state index in [0.717, 1.165) is 21.0 Å². The zero-order chi connectivity index (χ0) is 28.0. The van der Waals surface area contributed by atoms with Gasteiger partial charge in [-0.05, 0) is 74.7 Å². The topological polar surface area (TPSA) is 96.0 Å². The van der Waals surface area contributed by atoms with Gasteiger partial charge in [0.15, 0.2) is 0 Å². The van der Waals surface area contributed by atoms with E-state index in [9.17, 15) is 18.0 Å². The maximum Gasteiger partial charge on any atom is 0.264 e. The summed E-state index contributed by atoms with van der Waals surface area (Å²) >= 11 is 0. The van der Waals surface area contributed by atoms with E-state index < -0.39 is 28.5 Å². The third-order valence-corrected chi connectivity index (χ3v) is 8.22. The van der Waals surface area contributed by atoms with Crippen LogP contribution < -0.4 is 14.4 Å². The Balaban J connectivity index is 2.06. The van der Waals surface area contributed by atoms with Gasteiger partial charge in [0.2, 0.25) is 11.8 Å². The predicted octanol–water partition coefficient (Wildman–Crippen LogP) is 3.98. The minimum atomic E-state index is -4.10. The number of hydrogen-bond acceptors (Lipinski definition) is 5. The number of methoxy groups -OCH3 is 1. The zero-order valence-corrected chi connectivity index (χ0v) is 23.5. The van der Waals surface area contributed by atoms with Crippen LogP contribution in [0.4, 0.5) is 5.69 Å². The fourth-order valence-electron chi connectivity index (χ4n) is 4.06. The van der Waals surface area contributed by atoms with Gasteiger partial charge < -0.3 is 15.0 Å². The Morgan fingerprint density at radius 2 is 1.53 bits per heavy atom. The van der Waals surface area contributed by atoms with Gasteiger partial charge in [0.05, 0.1) is 17.7 Å². The van der Waals surface area contributed by atoms with Crippen LogP contribution in [0.2, 0.25) is 0 Å². The Kier molecular flexibility index (Phi) is 9.17. The molecule has 0 aliphatic heterocycles. The highest BCUT2D eigenvalue weighted by Gasteiger charge is 2.33. The minimum Gasteiger partial charge on any atom is -0.497 e. The van der Waals surface area contributed by atoms with Crippen LogP contribution in [0.5, 0.6) is 5.75 Å². The molecular formula is C29H35N3O5S. The third kappa shape index (κ3) is 6.52. The first-order chi connectivity index (χ1) is 18.0. The molecule has 3 rings (SSSR count). The van der Waals surface area contributed by atoms with Crippen LogP contribution in [0.3, 0.4) is 0 Å². The molecule has 3 aromatic carbocycles. The Bertz CT molecular complexity index is 1390. The van der Waals surface area contributed by atoms with E-state index >= 15 is 0 Å². The Morgan fingerprint density at radius 3 is 2.11 bits per heavy atom. The van der Waals surface area contributed by atoms with E-state index in [1.165, 1.54) is 24.1 Å². The molecule has 1 atom stereocenters. The van der Waals surface area contributed by atoms with Crippen molar-refractivity contribution >= 4 is 27.5 Å². The Hall–Kier alpha value is -3.85. The van der Waals surface area contributed by atoms with Crippen molar-refractivity contribution in [2.24, 2.45) is 0 Å². The average Bonchev–Trinajstić information content (AvgIpc) is 2.91. The monoisotopic (exact) mass is 537 g/mol. The van der Waals surface area contributed by atoms with Crippen molar-refractivity contribution in [2.45, 2.75) is 45.2 Å². The molecule has 9 heteroatoms. The van der Waals surface area contributed by atoms with Crippen molar-refractivity contribution in [3.63, 3.8) is 0 Å². The first-order valence-corrected chi connectivity index (χ1v) is 13.7. The fraction of sp³-hybridized carbons (Fsp3) is 0.310. The second kappa shape index (κ2) is 12.1. The Labute approximate surface area is 225 Å². The van der Waals surface area contributed by atoms with Crippen molar-refractivity contribution in [3.05, 3.63) is 89.0 Å². The summed E-state index contributed by atoms with van der Waals surface area (Å²) in [7, 11) is -1.04. The lowest BCUT2D eigenvalue weighted by Crippen LogP contribution is -2.50. The van der Waals surface area contributed by atoms with Crippen molar-refractivity contribution in [3.8, 4) is 5.75 Å². The predicted molar refractivity (Wildman–Crippen MR) is 149 cm³/mol. The first kappa shape index (κ1) is 28.7. The molecule has 3 aromatic rings. The summed E-state index contributed by atoms with van der Waals surface area (Å²) in [4.78, 5) is 27.9. The van der Waals surface area contributed by atoms with Gasteiger partial charge in [0.25, 0.3) is 10.0 Å². The molecule has 0 aliphatic rings. The van der Waals surface area contributed by atoms with Crippen LogP contribution in [0, 0.1) is 20.8 Å². The number of anilines is 1. The van der Waals surface area contributed by atoms with E-state index in [1.54, 1.807) is 63.4 Å². The molecule has 0 unspecified atom stereocenters. The van der Waals surface area contributed by atoms with Crippen LogP contribution in [0.25, 0.3) is 0 Å². The van der Waals surface area contributed by atoms with Crippen molar-refractivity contribution in [1.29, 1.82) is 0 Å². The number of likely N-dealkylation sites (N-methyl/N-ethyl adjacent to an activating group) is 1. The summed E-state index contributed by atoms with van der Waals surface area (Å²) in [6.45, 7) is 6.81. The molecule has 0 fully saturated rings. The van der Waals surface area contributed by atoms with Crippen LogP contribution in [-0.2, 0) is 26.2 Å². The van der Waals surface area contributed by atoms with Gasteiger partial charge in [-0.1, -0.05) is 42.0 Å². The van der Waals surface area contributed by atoms with Crippen LogP contribution in [0.1, 0.15) is 29.2 Å². The van der Waals surface area contributed by atoms with E-state index in [-0.39, 0.29) is 17.3 Å². The fourth-order valence-corrected chi connectivity index (χ4v) is 5.53. The van der Waals surface area contributed by atoms with Gasteiger partial charge >= 0.3 is 0 Å². The lowest BCUT2D eigenvalue weighted by molar-refractivity contribution is -0.139. The Morgan fingerprint density at radius 1 is 0.921 bits per heavy atom. The third-order valence-electron chi connectivity index (χ3n) is 6.45. The molecule has 2 amide bonds. The lowest BCUT2D eigenvalue weighted by atomic mass is 10.1. The number of ether oxygens (including phenoxy) is 1. The highest BCUT2D eigenvalue weighted by atomic mass is 32.2. The molecule has 8 nitrogen and oxygen atoms in total. The molecule has 0 spiro atoms. The maximum absolute atomic E-state index is 13.9. The summed E-state index contributed by atoms with van der Waals surface area (Å²) in [5.41, 5.74) is 3.67. The molecule has 0 radical (unpaired) electrons. The summed E-state index contributed by atoms with van der Waals surface area (Å²) in [5.74, 6) is -0.198. The number of nitrogens with zero attached hydrogens (tertiary/aromatic N) is 2. The van der Waals surface area contributed by atoms with Crippen LogP contribution in [0.15, 0.2) is 71.6 Å². The van der Waals surface area contributed by atoms with Crippen molar-refractivity contribution in [1.82, 2.24) is 10.2 Å². The van der Waals surface area contributed by atoms with Gasteiger partial charge in [-0.25, -0.2) is 8.42 Å². The van der Waals surface area contributed by atoms with Gasteiger partial charge in [-0.3, -0.25) is 13.9 Å². The number of aryl methyl sites for hydroxylation is 3. The summed E-state index contributed by atoms with van der Waals surface area (Å²) in [6.07, 6.45) is 0. The number of carbonyl (C=O) groups is 2. The maximum atomic E-state index is 13.9. The largest absolute Gasteiger partial charge is 0.497 e. The van der Waals surface area contributed by atoms with E-state index in [1.807, 2.05) is 26.0 Å². The number of amides is 2. The molecule has 0 saturated heterocycles. The van der Waals surface area contributed by atoms with Gasteiger partial charge in [0, 0.05) is 13.6 Å². The quantitative estimate of drug-likeness (QED) is 0.422. The molecular weight excluding hydrogens is 502 g/mol. The second-order valence-electron chi connectivity index (χ2n) is 9.27. The number of sulfonamides is 1. The smallest absolute Gasteiger partial charge is 0.264 e. The highest BCUT2D eigenvalue weighted by Crippen LogP contribution is 2.29. The molecule has 0 aromatic heterocycles. The van der Waals surface area contributed by atoms with E-state index in [4.69, 9.17) is 4.74 Å². The van der Waals surface area contributed by atoms with Gasteiger partial charge in [0.1, 0.15) is 18.3 Å². The molecule has 202 valence electrons. The first-order valence-electron chi connectivity index (χ1n) is 12.3. The number of benzene rings is 3. The summed E-state index contributed by atoms with van der Waals surface area (Å²) in [5, 5.41) is 2.58. The van der Waals surface area contributed by atoms with Gasteiger partial charge in [-0.2, -0.15) is 0 Å². The second-order valence-corrected chi connectivity index (χ2v) is 11.1. The summed E-state index contributed by atoms with van der Waals surface area (Å²) in [6, 6.07) is 18.3. The van der Waals surface area contributed by atoms with Crippen LogP contribution in [-0.4, -0.2) is 51.9 Å². The molecule has 0 saturated carbocycles. The molecule has 38 heavy (non-hydrogen) atoms. The SMILES string of the molecule is CNC(=O)[C@H](C)N(Cc1ccc(OC)cc1)C(=O)CN(c1cc(C)ccc1C)S(=O)(=O)c1ccc(C)cc1. The number of nitrogens with one attached hydrogen (secondary N) is 1. The van der Waals surface area contributed by atoms with Gasteiger partial charge in [-0.15, -0.1) is 0 Å². The lowest BCUT2D eigenvalue weighted by Gasteiger charge is -2.32. The number of hydrogen-bond donors (Lipinski definition) is 1. The average molecular weight is 538 g/mol. The number of carbonyl (C=O) groups excluding carboxylic acids is 2. The van der Waals surface area contributed by atoms with E-state index in [0.29, 0.717) is 17.0 Å². The summed E-state index contributed by atoms with van der Waals surface area (Å²) < 4.78 is 34.2. The van der Waals surface area contributed by atoms with Crippen molar-refractivity contribution in [2.75, 3.05) is 25.0 Å². The van der Waals surface area contributed by atoms with E-state index in [2.05, 4.69) is 5.32 Å². The molecule has 0 aliphatic carbocycles. The van der Waals surface area contributed by atoms with Crippen molar-refractivity contribution < 1.29 is 22.7 Å². The molecule has 0 bridgehead atoms. The normalized spacial score (nSPS) is 11.9. The molecule has 1 N–H and O–H groups in total. The number of rotatable bonds is 10. The highest BCUT2D eigenvalue weighted by molar-refractivity contribution is 7.92. The zero-order valence-electron chi connectivity index (χ0n) is 22.7. The van der Waals surface area contributed by atoms with Crippen LogP contribution >= 0.6 is 0 Å². The minimum absolute atomic E-state index is 0.0814.